The maximum absolute atomic E-state index is 12.7. The van der Waals surface area contributed by atoms with E-state index in [1.54, 1.807) is 24.4 Å². The molecule has 0 amide bonds. The molecule has 1 heterocycles. The molecule has 2 aromatic rings. The molecule has 0 fully saturated rings. The van der Waals surface area contributed by atoms with Crippen LogP contribution in [0.5, 0.6) is 0 Å². The summed E-state index contributed by atoms with van der Waals surface area (Å²) in [5.41, 5.74) is 0.608. The zero-order valence-corrected chi connectivity index (χ0v) is 26.6. The monoisotopic (exact) mass is 624 g/mol. The van der Waals surface area contributed by atoms with Crippen molar-refractivity contribution < 1.29 is 46.2 Å². The van der Waals surface area contributed by atoms with Crippen LogP contribution in [-0.2, 0) is 49.7 Å². The minimum atomic E-state index is -0.862. The third kappa shape index (κ3) is 14.3. The molecule has 0 spiro atoms. The number of carbonyl (C=O) groups excluding carboxylic acids is 2. The van der Waals surface area contributed by atoms with Crippen molar-refractivity contribution >= 4 is 12.3 Å². The van der Waals surface area contributed by atoms with Crippen molar-refractivity contribution in [2.45, 2.75) is 99.1 Å². The number of rotatable bonds is 15. The fourth-order valence-electron chi connectivity index (χ4n) is 4.30. The molecule has 39 heavy (non-hydrogen) atoms. The number of benzene rings is 1. The Morgan fingerprint density at radius 2 is 1.90 bits per heavy atom. The summed E-state index contributed by atoms with van der Waals surface area (Å²) in [5, 5.41) is 18.2. The van der Waals surface area contributed by atoms with E-state index < -0.39 is 11.5 Å². The maximum Gasteiger partial charge on any atom is 2.00 e. The van der Waals surface area contributed by atoms with Crippen LogP contribution in [-0.4, -0.2) is 45.1 Å². The van der Waals surface area contributed by atoms with Gasteiger partial charge in [-0.25, -0.2) is 4.68 Å². The van der Waals surface area contributed by atoms with Crippen LogP contribution in [0.15, 0.2) is 30.5 Å². The molecule has 1 aromatic heterocycles. The summed E-state index contributed by atoms with van der Waals surface area (Å²) in [7, 11) is 0. The Balaban J connectivity index is 0.00000136. The molecule has 0 aliphatic rings. The van der Waals surface area contributed by atoms with Gasteiger partial charge >= 0.3 is 28.3 Å². The molecule has 1 N–H and O–H groups in total. The van der Waals surface area contributed by atoms with Gasteiger partial charge in [0.05, 0.1) is 17.7 Å². The number of halogens is 1. The number of hydrogen-bond donors (Lipinski definition) is 1. The maximum atomic E-state index is 12.7. The van der Waals surface area contributed by atoms with Crippen molar-refractivity contribution in [2.75, 3.05) is 6.61 Å². The predicted molar refractivity (Wildman–Crippen MR) is 147 cm³/mol. The van der Waals surface area contributed by atoms with E-state index in [4.69, 9.17) is 4.74 Å². The van der Waals surface area contributed by atoms with E-state index in [9.17, 15) is 19.1 Å². The van der Waals surface area contributed by atoms with Crippen LogP contribution in [0, 0.1) is 29.5 Å². The topological polar surface area (TPSA) is 94.3 Å². The molecular weight excluding hydrogens is 578 g/mol. The summed E-state index contributed by atoms with van der Waals surface area (Å²) in [6.07, 6.45) is 8.66. The van der Waals surface area contributed by atoms with Gasteiger partial charge in [-0.05, 0) is 38.0 Å². The third-order valence-electron chi connectivity index (χ3n) is 6.84. The average Bonchev–Trinajstić information content (AvgIpc) is 3.29. The fraction of sp³-hybridized carbons (Fsp3) is 0.633. The van der Waals surface area contributed by atoms with Gasteiger partial charge < -0.3 is 14.6 Å². The SMILES string of the molecule is CCCCC(C)C(C)(C)CC(C)(C)C(=O)OCC(O)Cn1cc(CCC[C-]=O)nn1.[CH2-]c1ccccc1F.[Nb+2]. The van der Waals surface area contributed by atoms with E-state index in [0.717, 1.165) is 18.5 Å². The average molecular weight is 625 g/mol. The first-order valence-electron chi connectivity index (χ1n) is 13.5. The number of ether oxygens (including phenoxy) is 1. The van der Waals surface area contributed by atoms with E-state index in [2.05, 4.69) is 44.9 Å². The molecule has 7 nitrogen and oxygen atoms in total. The van der Waals surface area contributed by atoms with Crippen molar-refractivity contribution in [3.05, 3.63) is 54.5 Å². The molecule has 0 bridgehead atoms. The minimum absolute atomic E-state index is 0. The number of hydrogen-bond acceptors (Lipinski definition) is 6. The normalized spacial score (nSPS) is 12.9. The number of nitrogens with zero attached hydrogens (tertiary/aromatic N) is 3. The van der Waals surface area contributed by atoms with Gasteiger partial charge in [0.15, 0.2) is 0 Å². The van der Waals surface area contributed by atoms with Gasteiger partial charge in [-0.15, -0.1) is 11.2 Å². The van der Waals surface area contributed by atoms with E-state index in [1.165, 1.54) is 23.6 Å². The smallest absolute Gasteiger partial charge is 0.542 e. The first-order chi connectivity index (χ1) is 17.8. The quantitative estimate of drug-likeness (QED) is 0.115. The summed E-state index contributed by atoms with van der Waals surface area (Å²) in [6.45, 7) is 16.3. The van der Waals surface area contributed by atoms with Gasteiger partial charge in [-0.2, -0.15) is 25.0 Å². The number of aryl methyl sites for hydroxylation is 1. The molecule has 1 aromatic carbocycles. The number of aromatic nitrogens is 3. The molecule has 217 valence electrons. The molecule has 0 aliphatic carbocycles. The minimum Gasteiger partial charge on any atom is -0.542 e. The second-order valence-electron chi connectivity index (χ2n) is 11.4. The van der Waals surface area contributed by atoms with E-state index in [-0.39, 0.29) is 52.7 Å². The molecule has 0 saturated carbocycles. The van der Waals surface area contributed by atoms with Crippen LogP contribution in [0.1, 0.15) is 91.3 Å². The van der Waals surface area contributed by atoms with Gasteiger partial charge in [0.1, 0.15) is 12.7 Å². The van der Waals surface area contributed by atoms with Crippen molar-refractivity contribution in [3.8, 4) is 0 Å². The third-order valence-corrected chi connectivity index (χ3v) is 6.84. The van der Waals surface area contributed by atoms with Crippen LogP contribution in [0.3, 0.4) is 0 Å². The zero-order chi connectivity index (χ0) is 28.8. The largest absolute Gasteiger partial charge is 2.00 e. The number of esters is 1. The van der Waals surface area contributed by atoms with Crippen molar-refractivity contribution in [1.82, 2.24) is 15.0 Å². The zero-order valence-electron chi connectivity index (χ0n) is 24.5. The Bertz CT molecular complexity index is 960. The summed E-state index contributed by atoms with van der Waals surface area (Å²) in [4.78, 5) is 22.9. The van der Waals surface area contributed by atoms with E-state index in [0.29, 0.717) is 30.7 Å². The van der Waals surface area contributed by atoms with E-state index in [1.807, 2.05) is 20.1 Å². The molecule has 2 rings (SSSR count). The summed E-state index contributed by atoms with van der Waals surface area (Å²) in [6, 6.07) is 6.42. The van der Waals surface area contributed by atoms with Gasteiger partial charge in [0, 0.05) is 12.0 Å². The number of carbonyl (C=O) groups is 1. The molecule has 2 atom stereocenters. The fourth-order valence-corrected chi connectivity index (χ4v) is 4.30. The Labute approximate surface area is 249 Å². The number of aliphatic hydroxyl groups excluding tert-OH is 1. The molecule has 9 heteroatoms. The molecule has 1 radical (unpaired) electrons. The molecular formula is C30H46FN3NbO4. The van der Waals surface area contributed by atoms with Gasteiger partial charge in [0.25, 0.3) is 0 Å². The van der Waals surface area contributed by atoms with Crippen LogP contribution < -0.4 is 0 Å². The Kier molecular flexibility index (Phi) is 17.4. The molecule has 0 saturated heterocycles. The van der Waals surface area contributed by atoms with Gasteiger partial charge in [-0.3, -0.25) is 15.5 Å². The Morgan fingerprint density at radius 1 is 1.23 bits per heavy atom. The molecule has 0 aliphatic heterocycles. The Hall–Kier alpha value is -2.00. The summed E-state index contributed by atoms with van der Waals surface area (Å²) in [5.74, 6) is -0.0183. The van der Waals surface area contributed by atoms with Crippen LogP contribution in [0.4, 0.5) is 4.39 Å². The van der Waals surface area contributed by atoms with Gasteiger partial charge in [-0.1, -0.05) is 70.7 Å². The Morgan fingerprint density at radius 3 is 2.46 bits per heavy atom. The first-order valence-corrected chi connectivity index (χ1v) is 13.5. The summed E-state index contributed by atoms with van der Waals surface area (Å²) >= 11 is 0. The first kappa shape index (κ1) is 37.0. The van der Waals surface area contributed by atoms with Crippen molar-refractivity contribution in [3.63, 3.8) is 0 Å². The predicted octanol–water partition coefficient (Wildman–Crippen LogP) is 5.89. The second kappa shape index (κ2) is 18.4. The number of aliphatic hydroxyl groups is 1. The standard InChI is InChI=1S/C23H40N3O4.C7H6F.Nb/c1-7-8-11-18(2)22(3,4)17-23(5,6)21(29)30-16-20(28)15-26-14-19(24-25-26)12-9-10-13-27;1-6-4-2-3-5-7(6)8;/h14,18,20,28H,7-12,15-17H2,1-6H3;2-5H,1H2;/q2*-1;+2. The van der Waals surface area contributed by atoms with Crippen molar-refractivity contribution in [2.24, 2.45) is 16.7 Å². The number of unbranched alkanes of at least 4 members (excludes halogenated alkanes) is 2. The summed E-state index contributed by atoms with van der Waals surface area (Å²) < 4.78 is 19.2. The van der Waals surface area contributed by atoms with E-state index >= 15 is 0 Å². The van der Waals surface area contributed by atoms with Gasteiger partial charge in [0.2, 0.25) is 0 Å². The van der Waals surface area contributed by atoms with Crippen molar-refractivity contribution in [1.29, 1.82) is 0 Å². The second-order valence-corrected chi connectivity index (χ2v) is 11.4. The molecule has 2 unspecified atom stereocenters. The van der Waals surface area contributed by atoms with Crippen LogP contribution in [0.2, 0.25) is 0 Å². The van der Waals surface area contributed by atoms with Crippen LogP contribution >= 0.6 is 0 Å². The van der Waals surface area contributed by atoms with Crippen LogP contribution in [0.25, 0.3) is 0 Å².